The molecule has 7 heteroatoms. The van der Waals surface area contributed by atoms with Crippen LogP contribution >= 0.6 is 22.6 Å². The van der Waals surface area contributed by atoms with Gasteiger partial charge in [-0.15, -0.1) is 0 Å². The summed E-state index contributed by atoms with van der Waals surface area (Å²) in [6, 6.07) is 6.60. The molecule has 1 aliphatic rings. The molecule has 5 nitrogen and oxygen atoms in total. The van der Waals surface area contributed by atoms with Gasteiger partial charge in [0.05, 0.1) is 4.90 Å². The molecule has 0 bridgehead atoms. The number of carbonyl (C=O) groups is 1. The standard InChI is InChI=1S/C11H12INO4S/c12-9-3-5-10(6-4-9)18(15,16)13-7-1-2-11(13)17-8-14/h3-6,8,11H,1-2,7H2/t11-/m0/s1. The Kier molecular flexibility index (Phi) is 4.23. The topological polar surface area (TPSA) is 63.7 Å². The normalized spacial score (nSPS) is 20.8. The summed E-state index contributed by atoms with van der Waals surface area (Å²) in [4.78, 5) is 10.6. The van der Waals surface area contributed by atoms with Crippen LogP contribution in [-0.4, -0.2) is 32.0 Å². The maximum Gasteiger partial charge on any atom is 0.294 e. The zero-order chi connectivity index (χ0) is 13.2. The van der Waals surface area contributed by atoms with Gasteiger partial charge in [0.25, 0.3) is 6.47 Å². The average molecular weight is 381 g/mol. The Morgan fingerprint density at radius 1 is 1.33 bits per heavy atom. The van der Waals surface area contributed by atoms with E-state index in [0.717, 1.165) is 3.57 Å². The van der Waals surface area contributed by atoms with Crippen LogP contribution in [0.3, 0.4) is 0 Å². The van der Waals surface area contributed by atoms with Crippen molar-refractivity contribution in [2.24, 2.45) is 0 Å². The quantitative estimate of drug-likeness (QED) is 0.587. The maximum absolute atomic E-state index is 12.4. The van der Waals surface area contributed by atoms with Gasteiger partial charge in [-0.3, -0.25) is 4.79 Å². The SMILES string of the molecule is O=CO[C@H]1CCCN1S(=O)(=O)c1ccc(I)cc1. The van der Waals surface area contributed by atoms with Gasteiger partial charge < -0.3 is 4.74 Å². The molecule has 1 heterocycles. The zero-order valence-electron chi connectivity index (χ0n) is 9.45. The van der Waals surface area contributed by atoms with Crippen molar-refractivity contribution in [2.45, 2.75) is 24.0 Å². The molecule has 18 heavy (non-hydrogen) atoms. The number of hydrogen-bond donors (Lipinski definition) is 0. The second-order valence-corrected chi connectivity index (χ2v) is 7.04. The van der Waals surface area contributed by atoms with E-state index < -0.39 is 16.3 Å². The number of sulfonamides is 1. The number of nitrogens with zero attached hydrogens (tertiary/aromatic N) is 1. The fourth-order valence-electron chi connectivity index (χ4n) is 1.93. The molecule has 2 rings (SSSR count). The molecule has 0 aliphatic carbocycles. The molecule has 1 saturated heterocycles. The lowest BCUT2D eigenvalue weighted by Gasteiger charge is -2.22. The highest BCUT2D eigenvalue weighted by atomic mass is 127. The summed E-state index contributed by atoms with van der Waals surface area (Å²) in [5.41, 5.74) is 0. The Balaban J connectivity index is 2.30. The third-order valence-electron chi connectivity index (χ3n) is 2.78. The Morgan fingerprint density at radius 2 is 2.00 bits per heavy atom. The molecule has 1 aromatic rings. The van der Waals surface area contributed by atoms with Crippen LogP contribution in [0.15, 0.2) is 29.2 Å². The summed E-state index contributed by atoms with van der Waals surface area (Å²) in [6.45, 7) is 0.680. The lowest BCUT2D eigenvalue weighted by Crippen LogP contribution is -2.36. The van der Waals surface area contributed by atoms with E-state index in [2.05, 4.69) is 22.6 Å². The van der Waals surface area contributed by atoms with Gasteiger partial charge in [-0.25, -0.2) is 8.42 Å². The van der Waals surface area contributed by atoms with E-state index in [1.807, 2.05) is 0 Å². The van der Waals surface area contributed by atoms with Crippen LogP contribution in [0.1, 0.15) is 12.8 Å². The van der Waals surface area contributed by atoms with Gasteiger partial charge in [-0.05, 0) is 53.3 Å². The molecule has 1 aliphatic heterocycles. The third-order valence-corrected chi connectivity index (χ3v) is 5.41. The minimum Gasteiger partial charge on any atom is -0.448 e. The summed E-state index contributed by atoms with van der Waals surface area (Å²) in [6.07, 6.45) is 0.566. The fraction of sp³-hybridized carbons (Fsp3) is 0.364. The Labute approximate surface area is 119 Å². The molecule has 0 amide bonds. The van der Waals surface area contributed by atoms with Crippen molar-refractivity contribution in [2.75, 3.05) is 6.54 Å². The minimum absolute atomic E-state index is 0.226. The Morgan fingerprint density at radius 3 is 2.61 bits per heavy atom. The molecule has 1 fully saturated rings. The largest absolute Gasteiger partial charge is 0.448 e. The zero-order valence-corrected chi connectivity index (χ0v) is 12.4. The van der Waals surface area contributed by atoms with E-state index in [1.165, 1.54) is 4.31 Å². The molecular formula is C11H12INO4S. The molecule has 98 valence electrons. The van der Waals surface area contributed by atoms with E-state index in [9.17, 15) is 13.2 Å². The van der Waals surface area contributed by atoms with Crippen LogP contribution in [-0.2, 0) is 19.6 Å². The number of benzene rings is 1. The lowest BCUT2D eigenvalue weighted by molar-refractivity contribution is -0.137. The molecule has 1 aromatic carbocycles. The molecule has 1 atom stereocenters. The van der Waals surface area contributed by atoms with Crippen molar-refractivity contribution in [3.63, 3.8) is 0 Å². The van der Waals surface area contributed by atoms with Crippen molar-refractivity contribution in [3.05, 3.63) is 27.8 Å². The molecule has 0 saturated carbocycles. The van der Waals surface area contributed by atoms with Crippen molar-refractivity contribution < 1.29 is 17.9 Å². The van der Waals surface area contributed by atoms with Crippen LogP contribution in [0.5, 0.6) is 0 Å². The van der Waals surface area contributed by atoms with Crippen LogP contribution in [0.2, 0.25) is 0 Å². The smallest absolute Gasteiger partial charge is 0.294 e. The number of carbonyl (C=O) groups excluding carboxylic acids is 1. The van der Waals surface area contributed by atoms with Gasteiger partial charge in [0, 0.05) is 16.5 Å². The highest BCUT2D eigenvalue weighted by molar-refractivity contribution is 14.1. The second kappa shape index (κ2) is 5.54. The summed E-state index contributed by atoms with van der Waals surface area (Å²) < 4.78 is 31.7. The number of ether oxygens (including phenoxy) is 1. The van der Waals surface area contributed by atoms with Gasteiger partial charge in [-0.1, -0.05) is 0 Å². The number of hydrogen-bond acceptors (Lipinski definition) is 4. The lowest BCUT2D eigenvalue weighted by atomic mass is 10.4. The van der Waals surface area contributed by atoms with E-state index in [0.29, 0.717) is 25.9 Å². The first-order chi connectivity index (χ1) is 8.55. The Bertz CT molecular complexity index is 528. The van der Waals surface area contributed by atoms with Crippen molar-refractivity contribution in [3.8, 4) is 0 Å². The maximum atomic E-state index is 12.4. The molecular weight excluding hydrogens is 369 g/mol. The van der Waals surface area contributed by atoms with Crippen LogP contribution in [0, 0.1) is 3.57 Å². The van der Waals surface area contributed by atoms with Crippen LogP contribution in [0.4, 0.5) is 0 Å². The van der Waals surface area contributed by atoms with Gasteiger partial charge in [-0.2, -0.15) is 4.31 Å². The molecule has 0 radical (unpaired) electrons. The average Bonchev–Trinajstić information content (AvgIpc) is 2.79. The Hall–Kier alpha value is -0.670. The highest BCUT2D eigenvalue weighted by Crippen LogP contribution is 2.26. The van der Waals surface area contributed by atoms with Crippen LogP contribution in [0.25, 0.3) is 0 Å². The van der Waals surface area contributed by atoms with Crippen LogP contribution < -0.4 is 0 Å². The van der Waals surface area contributed by atoms with E-state index in [1.54, 1.807) is 24.3 Å². The second-order valence-electron chi connectivity index (χ2n) is 3.90. The highest BCUT2D eigenvalue weighted by Gasteiger charge is 2.36. The number of halogens is 1. The molecule has 0 aromatic heterocycles. The van der Waals surface area contributed by atoms with Crippen molar-refractivity contribution in [1.82, 2.24) is 4.31 Å². The summed E-state index contributed by atoms with van der Waals surface area (Å²) >= 11 is 2.11. The first kappa shape index (κ1) is 13.8. The van der Waals surface area contributed by atoms with Crippen molar-refractivity contribution in [1.29, 1.82) is 0 Å². The fourth-order valence-corrected chi connectivity index (χ4v) is 3.87. The summed E-state index contributed by atoms with van der Waals surface area (Å²) in [5.74, 6) is 0. The molecule has 0 unspecified atom stereocenters. The first-order valence-electron chi connectivity index (χ1n) is 5.42. The molecule has 0 spiro atoms. The minimum atomic E-state index is -3.58. The molecule has 0 N–H and O–H groups in total. The predicted molar refractivity (Wildman–Crippen MR) is 73.2 cm³/mol. The van der Waals surface area contributed by atoms with E-state index >= 15 is 0 Å². The predicted octanol–water partition coefficient (Wildman–Crippen LogP) is 1.57. The van der Waals surface area contributed by atoms with Gasteiger partial charge in [0.15, 0.2) is 6.23 Å². The van der Waals surface area contributed by atoms with Crippen molar-refractivity contribution >= 4 is 39.1 Å². The van der Waals surface area contributed by atoms with Gasteiger partial charge in [0.2, 0.25) is 10.0 Å². The number of rotatable bonds is 4. The van der Waals surface area contributed by atoms with E-state index in [-0.39, 0.29) is 4.90 Å². The van der Waals surface area contributed by atoms with Gasteiger partial charge in [0.1, 0.15) is 0 Å². The first-order valence-corrected chi connectivity index (χ1v) is 7.94. The summed E-state index contributed by atoms with van der Waals surface area (Å²) in [5, 5.41) is 0. The summed E-state index contributed by atoms with van der Waals surface area (Å²) in [7, 11) is -3.58. The third kappa shape index (κ3) is 2.67. The monoisotopic (exact) mass is 381 g/mol. The van der Waals surface area contributed by atoms with Gasteiger partial charge >= 0.3 is 0 Å². The van der Waals surface area contributed by atoms with E-state index in [4.69, 9.17) is 4.74 Å².